The Morgan fingerprint density at radius 2 is 1.78 bits per heavy atom. The third-order valence-corrected chi connectivity index (χ3v) is 2.81. The largest absolute Gasteiger partial charge is 0.486 e. The first-order chi connectivity index (χ1) is 8.65. The van der Waals surface area contributed by atoms with Crippen molar-refractivity contribution in [1.29, 1.82) is 0 Å². The fraction of sp³-hybridized carbons (Fsp3) is 0.273. The van der Waals surface area contributed by atoms with Gasteiger partial charge in [-0.3, -0.25) is 0 Å². The van der Waals surface area contributed by atoms with Crippen LogP contribution >= 0.6 is 11.6 Å². The second kappa shape index (κ2) is 4.20. The Balaban J connectivity index is 2.24. The number of rotatable bonds is 1. The van der Waals surface area contributed by atoms with Crippen molar-refractivity contribution in [3.63, 3.8) is 0 Å². The van der Waals surface area contributed by atoms with E-state index in [-0.39, 0.29) is 5.15 Å². The maximum absolute atomic E-state index is 12.6. The first kappa shape index (κ1) is 11.4. The van der Waals surface area contributed by atoms with Gasteiger partial charge in [0.1, 0.15) is 18.4 Å². The summed E-state index contributed by atoms with van der Waals surface area (Å²) in [5.41, 5.74) is 0.314. The molecule has 0 bridgehead atoms. The number of fused-ring (bicyclic) bond motifs is 2. The molecule has 0 amide bonds. The van der Waals surface area contributed by atoms with Crippen LogP contribution in [0.1, 0.15) is 12.2 Å². The quantitative estimate of drug-likeness (QED) is 0.749. The number of benzene rings is 1. The zero-order valence-electron chi connectivity index (χ0n) is 8.99. The van der Waals surface area contributed by atoms with Crippen LogP contribution in [0.4, 0.5) is 8.78 Å². The lowest BCUT2D eigenvalue weighted by molar-refractivity contribution is 0.140. The minimum atomic E-state index is -2.76. The molecule has 7 heteroatoms. The normalized spacial score (nSPS) is 14.2. The molecule has 0 radical (unpaired) electrons. The number of hydrogen-bond acceptors (Lipinski definition) is 4. The highest BCUT2D eigenvalue weighted by Gasteiger charge is 2.18. The van der Waals surface area contributed by atoms with Crippen LogP contribution in [-0.4, -0.2) is 23.2 Å². The van der Waals surface area contributed by atoms with Gasteiger partial charge in [-0.05, 0) is 6.07 Å². The van der Waals surface area contributed by atoms with Gasteiger partial charge < -0.3 is 9.47 Å². The molecule has 0 saturated heterocycles. The van der Waals surface area contributed by atoms with E-state index in [0.29, 0.717) is 35.6 Å². The van der Waals surface area contributed by atoms with Crippen molar-refractivity contribution in [2.75, 3.05) is 13.2 Å². The highest BCUT2D eigenvalue weighted by atomic mass is 35.5. The predicted molar refractivity (Wildman–Crippen MR) is 60.5 cm³/mol. The molecule has 1 aliphatic rings. The standard InChI is InChI=1S/C11H7ClF2N2O2/c12-9-5-3-7-8(18-2-1-17-7)4-6(5)15-11(16-9)10(13)14/h3-4,10H,1-2H2. The predicted octanol–water partition coefficient (Wildman–Crippen LogP) is 2.99. The van der Waals surface area contributed by atoms with Crippen LogP contribution in [0, 0.1) is 0 Å². The minimum absolute atomic E-state index is 0.0210. The summed E-state index contributed by atoms with van der Waals surface area (Å²) in [5.74, 6) is 0.400. The summed E-state index contributed by atoms with van der Waals surface area (Å²) < 4.78 is 35.9. The van der Waals surface area contributed by atoms with Gasteiger partial charge in [0, 0.05) is 11.5 Å². The molecule has 2 aromatic rings. The van der Waals surface area contributed by atoms with E-state index >= 15 is 0 Å². The van der Waals surface area contributed by atoms with E-state index in [0.717, 1.165) is 0 Å². The molecular formula is C11H7ClF2N2O2. The van der Waals surface area contributed by atoms with E-state index in [2.05, 4.69) is 9.97 Å². The van der Waals surface area contributed by atoms with Gasteiger partial charge in [0.2, 0.25) is 0 Å². The average Bonchev–Trinajstić information content (AvgIpc) is 2.36. The van der Waals surface area contributed by atoms with Crippen molar-refractivity contribution in [3.8, 4) is 11.5 Å². The van der Waals surface area contributed by atoms with Crippen LogP contribution in [0.25, 0.3) is 10.9 Å². The van der Waals surface area contributed by atoms with E-state index in [9.17, 15) is 8.78 Å². The Kier molecular flexibility index (Phi) is 2.66. The van der Waals surface area contributed by atoms with Crippen LogP contribution in [0.5, 0.6) is 11.5 Å². The van der Waals surface area contributed by atoms with Gasteiger partial charge in [-0.1, -0.05) is 11.6 Å². The van der Waals surface area contributed by atoms with Crippen LogP contribution in [-0.2, 0) is 0 Å². The number of alkyl halides is 2. The summed E-state index contributed by atoms with van der Waals surface area (Å²) in [6, 6.07) is 3.13. The van der Waals surface area contributed by atoms with Gasteiger partial charge in [-0.15, -0.1) is 0 Å². The van der Waals surface area contributed by atoms with Crippen molar-refractivity contribution in [3.05, 3.63) is 23.1 Å². The fourth-order valence-corrected chi connectivity index (χ4v) is 1.98. The molecule has 0 aliphatic carbocycles. The molecule has 1 aliphatic heterocycles. The zero-order chi connectivity index (χ0) is 12.7. The molecule has 4 nitrogen and oxygen atoms in total. The Labute approximate surface area is 106 Å². The Morgan fingerprint density at radius 3 is 2.44 bits per heavy atom. The maximum atomic E-state index is 12.6. The smallest absolute Gasteiger partial charge is 0.297 e. The van der Waals surface area contributed by atoms with E-state index in [1.165, 1.54) is 6.07 Å². The van der Waals surface area contributed by atoms with E-state index in [4.69, 9.17) is 21.1 Å². The number of nitrogens with zero attached hydrogens (tertiary/aromatic N) is 2. The molecule has 94 valence electrons. The topological polar surface area (TPSA) is 44.2 Å². The summed E-state index contributed by atoms with van der Waals surface area (Å²) in [4.78, 5) is 7.32. The SMILES string of the molecule is FC(F)c1nc(Cl)c2cc3c(cc2n1)OCCO3. The number of ether oxygens (including phenoxy) is 2. The van der Waals surface area contributed by atoms with Crippen molar-refractivity contribution in [2.24, 2.45) is 0 Å². The average molecular weight is 273 g/mol. The molecule has 1 aromatic carbocycles. The molecule has 0 unspecified atom stereocenters. The third kappa shape index (κ3) is 1.82. The van der Waals surface area contributed by atoms with Gasteiger partial charge in [-0.2, -0.15) is 0 Å². The lowest BCUT2D eigenvalue weighted by atomic mass is 10.2. The van der Waals surface area contributed by atoms with Crippen molar-refractivity contribution in [2.45, 2.75) is 6.43 Å². The van der Waals surface area contributed by atoms with E-state index in [1.54, 1.807) is 6.07 Å². The van der Waals surface area contributed by atoms with Crippen LogP contribution in [0.15, 0.2) is 12.1 Å². The molecule has 18 heavy (non-hydrogen) atoms. The van der Waals surface area contributed by atoms with Gasteiger partial charge in [-0.25, -0.2) is 18.7 Å². The van der Waals surface area contributed by atoms with Gasteiger partial charge in [0.05, 0.1) is 5.52 Å². The molecule has 0 N–H and O–H groups in total. The van der Waals surface area contributed by atoms with Crippen LogP contribution < -0.4 is 9.47 Å². The molecular weight excluding hydrogens is 266 g/mol. The highest BCUT2D eigenvalue weighted by Crippen LogP contribution is 2.36. The first-order valence-electron chi connectivity index (χ1n) is 5.20. The number of hydrogen-bond donors (Lipinski definition) is 0. The highest BCUT2D eigenvalue weighted by molar-refractivity contribution is 6.34. The monoisotopic (exact) mass is 272 g/mol. The zero-order valence-corrected chi connectivity index (χ0v) is 9.75. The lowest BCUT2D eigenvalue weighted by Gasteiger charge is -2.18. The second-order valence-electron chi connectivity index (χ2n) is 3.69. The van der Waals surface area contributed by atoms with Crippen molar-refractivity contribution in [1.82, 2.24) is 9.97 Å². The van der Waals surface area contributed by atoms with E-state index in [1.807, 2.05) is 0 Å². The third-order valence-electron chi connectivity index (χ3n) is 2.53. The molecule has 1 aromatic heterocycles. The fourth-order valence-electron chi connectivity index (χ4n) is 1.74. The Morgan fingerprint density at radius 1 is 1.11 bits per heavy atom. The molecule has 0 fully saturated rings. The van der Waals surface area contributed by atoms with Crippen LogP contribution in [0.2, 0.25) is 5.15 Å². The Hall–Kier alpha value is -1.69. The summed E-state index contributed by atoms with van der Waals surface area (Å²) in [6.07, 6.45) is -2.76. The summed E-state index contributed by atoms with van der Waals surface area (Å²) in [5, 5.41) is 0.442. The summed E-state index contributed by atoms with van der Waals surface area (Å²) in [6.45, 7) is 0.852. The minimum Gasteiger partial charge on any atom is -0.486 e. The molecule has 0 spiro atoms. The number of aromatic nitrogens is 2. The molecule has 2 heterocycles. The van der Waals surface area contributed by atoms with Crippen molar-refractivity contribution >= 4 is 22.5 Å². The second-order valence-corrected chi connectivity index (χ2v) is 4.04. The Bertz CT molecular complexity index is 622. The van der Waals surface area contributed by atoms with E-state index < -0.39 is 12.2 Å². The maximum Gasteiger partial charge on any atom is 0.297 e. The van der Waals surface area contributed by atoms with Gasteiger partial charge in [0.15, 0.2) is 17.3 Å². The molecule has 0 saturated carbocycles. The van der Waals surface area contributed by atoms with Gasteiger partial charge >= 0.3 is 0 Å². The number of halogens is 3. The van der Waals surface area contributed by atoms with Crippen LogP contribution in [0.3, 0.4) is 0 Å². The van der Waals surface area contributed by atoms with Gasteiger partial charge in [0.25, 0.3) is 6.43 Å². The lowest BCUT2D eigenvalue weighted by Crippen LogP contribution is -2.15. The summed E-state index contributed by atoms with van der Waals surface area (Å²) >= 11 is 5.87. The molecule has 3 rings (SSSR count). The summed E-state index contributed by atoms with van der Waals surface area (Å²) in [7, 11) is 0. The van der Waals surface area contributed by atoms with Crippen molar-refractivity contribution < 1.29 is 18.3 Å². The first-order valence-corrected chi connectivity index (χ1v) is 5.58. The molecule has 0 atom stereocenters.